The Hall–Kier alpha value is -2.98. The van der Waals surface area contributed by atoms with Gasteiger partial charge in [-0.2, -0.15) is 13.2 Å². The van der Waals surface area contributed by atoms with E-state index in [4.69, 9.17) is 0 Å². The number of piperidine rings is 1. The van der Waals surface area contributed by atoms with Crippen molar-refractivity contribution in [3.63, 3.8) is 0 Å². The van der Waals surface area contributed by atoms with Gasteiger partial charge in [-0.25, -0.2) is 4.39 Å². The van der Waals surface area contributed by atoms with Crippen LogP contribution < -0.4 is 20.7 Å². The van der Waals surface area contributed by atoms with Gasteiger partial charge < -0.3 is 29.7 Å². The maximum atomic E-state index is 14.7. The number of nitrogens with zero attached hydrogens (tertiary/aromatic N) is 2. The molecule has 250 valence electrons. The van der Waals surface area contributed by atoms with Crippen LogP contribution in [0.3, 0.4) is 0 Å². The third-order valence-electron chi connectivity index (χ3n) is 8.20. The second kappa shape index (κ2) is 13.6. The predicted molar refractivity (Wildman–Crippen MR) is 169 cm³/mol. The van der Waals surface area contributed by atoms with E-state index in [1.807, 2.05) is 23.9 Å². The van der Waals surface area contributed by atoms with Gasteiger partial charge in [-0.05, 0) is 55.7 Å². The Morgan fingerprint density at radius 3 is 2.43 bits per heavy atom. The highest BCUT2D eigenvalue weighted by Gasteiger charge is 2.35. The molecule has 0 unspecified atom stereocenters. The third kappa shape index (κ3) is 8.48. The van der Waals surface area contributed by atoms with Gasteiger partial charge in [0.1, 0.15) is 13.3 Å². The number of rotatable bonds is 7. The maximum Gasteiger partial charge on any atom is 0.573 e. The van der Waals surface area contributed by atoms with Gasteiger partial charge in [0.25, 0.3) is 0 Å². The molecule has 46 heavy (non-hydrogen) atoms. The van der Waals surface area contributed by atoms with Gasteiger partial charge in [0.15, 0.2) is 5.75 Å². The first kappa shape index (κ1) is 34.4. The lowest BCUT2D eigenvalue weighted by atomic mass is 10.0. The van der Waals surface area contributed by atoms with Gasteiger partial charge in [0.05, 0.1) is 40.0 Å². The summed E-state index contributed by atoms with van der Waals surface area (Å²) in [5.74, 6) is 4.94. The van der Waals surface area contributed by atoms with E-state index < -0.39 is 44.1 Å². The molecule has 2 fully saturated rings. The molecule has 0 saturated carbocycles. The van der Waals surface area contributed by atoms with E-state index in [0.717, 1.165) is 17.4 Å². The molecule has 2 atom stereocenters. The van der Waals surface area contributed by atoms with Gasteiger partial charge in [-0.15, -0.1) is 24.5 Å². The first-order chi connectivity index (χ1) is 21.6. The van der Waals surface area contributed by atoms with Crippen molar-refractivity contribution in [3.05, 3.63) is 46.8 Å². The fourth-order valence-electron chi connectivity index (χ4n) is 5.71. The molecule has 2 saturated heterocycles. The molecular weight excluding hydrogens is 656 g/mol. The van der Waals surface area contributed by atoms with E-state index >= 15 is 0 Å². The van der Waals surface area contributed by atoms with E-state index in [1.165, 1.54) is 12.1 Å². The zero-order chi connectivity index (χ0) is 33.3. The van der Waals surface area contributed by atoms with Gasteiger partial charge in [0.2, 0.25) is 0 Å². The van der Waals surface area contributed by atoms with Crippen molar-refractivity contribution in [2.24, 2.45) is 0 Å². The van der Waals surface area contributed by atoms with Crippen molar-refractivity contribution in [1.82, 2.24) is 9.80 Å². The minimum atomic E-state index is -5.01. The lowest BCUT2D eigenvalue weighted by molar-refractivity contribution is -0.274. The van der Waals surface area contributed by atoms with Crippen LogP contribution in [-0.2, 0) is 11.0 Å². The lowest BCUT2D eigenvalue weighted by Crippen LogP contribution is -2.46. The summed E-state index contributed by atoms with van der Waals surface area (Å²) in [4.78, 5) is 4.04. The predicted octanol–water partition coefficient (Wildman–Crippen LogP) is 6.76. The largest absolute Gasteiger partial charge is 0.573 e. The smallest absolute Gasteiger partial charge is 0.404 e. The minimum absolute atomic E-state index is 0.0166. The van der Waals surface area contributed by atoms with Gasteiger partial charge >= 0.3 is 12.5 Å². The molecule has 0 spiro atoms. The normalized spacial score (nSPS) is 21.1. The zero-order valence-electron chi connectivity index (χ0n) is 25.2. The molecule has 15 heteroatoms. The van der Waals surface area contributed by atoms with Crippen molar-refractivity contribution < 1.29 is 40.0 Å². The average molecular weight is 691 g/mol. The molecular formula is C31H34F7N4O2PS. The summed E-state index contributed by atoms with van der Waals surface area (Å²) in [6.45, 7) is 1.83. The van der Waals surface area contributed by atoms with Crippen LogP contribution in [0.5, 0.6) is 5.75 Å². The molecule has 2 N–H and O–H groups in total. The SMILES string of the molecule is CN1CCP(=O)(c2ccc(NCC#Cc3sc4c(N[C@@H]5CCN(C)C[C@@H]5F)cccc4c3CC(F)(F)F)c(OC(F)(F)F)c2)CC1. The number of nitrogens with one attached hydrogen (secondary N) is 2. The van der Waals surface area contributed by atoms with Gasteiger partial charge in [-0.1, -0.05) is 24.0 Å². The topological polar surface area (TPSA) is 56.8 Å². The van der Waals surface area contributed by atoms with E-state index in [9.17, 15) is 35.3 Å². The molecule has 6 nitrogen and oxygen atoms in total. The first-order valence-corrected chi connectivity index (χ1v) is 17.6. The Morgan fingerprint density at radius 2 is 1.76 bits per heavy atom. The van der Waals surface area contributed by atoms with Crippen molar-refractivity contribution in [1.29, 1.82) is 0 Å². The van der Waals surface area contributed by atoms with Crippen LogP contribution >= 0.6 is 18.5 Å². The number of hydrogen-bond acceptors (Lipinski definition) is 7. The average Bonchev–Trinajstić information content (AvgIpc) is 3.30. The Labute approximate surface area is 266 Å². The minimum Gasteiger partial charge on any atom is -0.404 e. The van der Waals surface area contributed by atoms with Crippen molar-refractivity contribution >= 4 is 45.2 Å². The summed E-state index contributed by atoms with van der Waals surface area (Å²) in [6, 6.07) is 8.40. The summed E-state index contributed by atoms with van der Waals surface area (Å²) >= 11 is 1.05. The van der Waals surface area contributed by atoms with Crippen LogP contribution in [-0.4, -0.2) is 93.7 Å². The van der Waals surface area contributed by atoms with Crippen molar-refractivity contribution in [2.45, 2.75) is 37.6 Å². The van der Waals surface area contributed by atoms with Crippen molar-refractivity contribution in [2.75, 3.05) is 69.8 Å². The molecule has 0 aliphatic carbocycles. The summed E-state index contributed by atoms with van der Waals surface area (Å²) in [5, 5.41) is 6.59. The Balaban J connectivity index is 1.40. The summed E-state index contributed by atoms with van der Waals surface area (Å²) < 4.78 is 114. The number of thiophene rings is 1. The molecule has 3 heterocycles. The highest BCUT2D eigenvalue weighted by atomic mass is 32.1. The zero-order valence-corrected chi connectivity index (χ0v) is 26.9. The molecule has 2 aromatic carbocycles. The number of fused-ring (bicyclic) bond motifs is 1. The Bertz CT molecular complexity index is 1650. The van der Waals surface area contributed by atoms with Crippen LogP contribution in [0, 0.1) is 11.8 Å². The number of likely N-dealkylation sites (tertiary alicyclic amines) is 1. The maximum absolute atomic E-state index is 14.7. The Morgan fingerprint density at radius 1 is 1.02 bits per heavy atom. The van der Waals surface area contributed by atoms with E-state index in [-0.39, 0.29) is 29.2 Å². The molecule has 0 radical (unpaired) electrons. The van der Waals surface area contributed by atoms with Crippen LogP contribution in [0.15, 0.2) is 36.4 Å². The van der Waals surface area contributed by atoms with E-state index in [1.54, 1.807) is 18.2 Å². The molecule has 0 amide bonds. The summed E-state index contributed by atoms with van der Waals surface area (Å²) in [5.41, 5.74) is 0.456. The molecule has 2 aliphatic rings. The van der Waals surface area contributed by atoms with Crippen LogP contribution in [0.2, 0.25) is 0 Å². The van der Waals surface area contributed by atoms with Gasteiger partial charge in [0, 0.05) is 43.8 Å². The molecule has 2 aliphatic heterocycles. The second-order valence-corrected chi connectivity index (χ2v) is 15.9. The van der Waals surface area contributed by atoms with Crippen LogP contribution in [0.4, 0.5) is 42.1 Å². The number of halogens is 7. The number of anilines is 2. The Kier molecular flexibility index (Phi) is 10.2. The highest BCUT2D eigenvalue weighted by Crippen LogP contribution is 2.47. The number of alkyl halides is 7. The van der Waals surface area contributed by atoms with Gasteiger partial charge in [-0.3, -0.25) is 0 Å². The summed E-state index contributed by atoms with van der Waals surface area (Å²) in [7, 11) is 0.796. The fraction of sp³-hybridized carbons (Fsp3) is 0.484. The van der Waals surface area contributed by atoms with E-state index in [2.05, 4.69) is 27.2 Å². The number of benzene rings is 2. The quantitative estimate of drug-likeness (QED) is 0.163. The molecule has 5 rings (SSSR count). The molecule has 3 aromatic rings. The monoisotopic (exact) mass is 690 g/mol. The van der Waals surface area contributed by atoms with Crippen LogP contribution in [0.1, 0.15) is 16.9 Å². The van der Waals surface area contributed by atoms with E-state index in [0.29, 0.717) is 59.5 Å². The van der Waals surface area contributed by atoms with Crippen molar-refractivity contribution in [3.8, 4) is 17.6 Å². The fourth-order valence-corrected chi connectivity index (χ4v) is 9.65. The molecule has 1 aromatic heterocycles. The number of hydrogen-bond donors (Lipinski definition) is 2. The first-order valence-electron chi connectivity index (χ1n) is 14.7. The van der Waals surface area contributed by atoms with Crippen LogP contribution in [0.25, 0.3) is 10.1 Å². The molecule has 0 bridgehead atoms. The third-order valence-corrected chi connectivity index (χ3v) is 12.5. The highest BCUT2D eigenvalue weighted by molar-refractivity contribution is 7.71. The second-order valence-electron chi connectivity index (χ2n) is 11.7. The summed E-state index contributed by atoms with van der Waals surface area (Å²) in [6.07, 6.45) is -10.7. The lowest BCUT2D eigenvalue weighted by Gasteiger charge is -2.33. The number of ether oxygens (including phenoxy) is 1. The standard InChI is InChI=1S/C31H34F7N4O2PS/c1-41-13-15-45(43,16-14-41)20-8-9-25(27(17-20)44-31(36,37)38)39-11-4-7-28-22(18-30(33,34)35)21-5-3-6-26(29(21)46-28)40-24-10-12-42(2)19-23(24)32/h3,5-6,8-9,17,23-24,39-40H,10-16,18-19H2,1-2H3/t23-,24+/m0/s1.